The monoisotopic (exact) mass is 344 g/mol. The number of hydrogen-bond donors (Lipinski definition) is 1. The van der Waals surface area contributed by atoms with E-state index in [1.54, 1.807) is 0 Å². The molecule has 0 aromatic heterocycles. The van der Waals surface area contributed by atoms with E-state index in [4.69, 9.17) is 4.74 Å². The molecule has 1 N–H and O–H groups in total. The number of aliphatic hydroxyl groups excluding tert-OH is 1. The molecule has 0 aliphatic heterocycles. The summed E-state index contributed by atoms with van der Waals surface area (Å²) in [7, 11) is 0. The summed E-state index contributed by atoms with van der Waals surface area (Å²) in [5, 5.41) is 10.6. The highest BCUT2D eigenvalue weighted by molar-refractivity contribution is 5.36. The lowest BCUT2D eigenvalue weighted by Gasteiger charge is -2.14. The van der Waals surface area contributed by atoms with Gasteiger partial charge in [0, 0.05) is 0 Å². The van der Waals surface area contributed by atoms with Crippen LogP contribution in [0.25, 0.3) is 0 Å². The van der Waals surface area contributed by atoms with Crippen LogP contribution in [0.4, 0.5) is 0 Å². The van der Waals surface area contributed by atoms with Gasteiger partial charge < -0.3 is 9.84 Å². The fraction of sp³-hybridized carbons (Fsp3) is 0.250. The van der Waals surface area contributed by atoms with E-state index in [0.717, 1.165) is 22.4 Å². The molecule has 3 aromatic rings. The molecule has 26 heavy (non-hydrogen) atoms. The van der Waals surface area contributed by atoms with Crippen molar-refractivity contribution in [3.63, 3.8) is 0 Å². The zero-order valence-corrected chi connectivity index (χ0v) is 15.1. The lowest BCUT2D eigenvalue weighted by atomic mass is 9.97. The molecule has 3 aromatic carbocycles. The Morgan fingerprint density at radius 2 is 1.58 bits per heavy atom. The molecule has 1 atom stereocenters. The average molecular weight is 344 g/mol. The molecule has 1 saturated carbocycles. The molecule has 0 heterocycles. The molecule has 1 unspecified atom stereocenters. The van der Waals surface area contributed by atoms with Crippen LogP contribution in [-0.4, -0.2) is 5.11 Å². The minimum absolute atomic E-state index is 0.404. The molecule has 1 aliphatic rings. The van der Waals surface area contributed by atoms with Crippen molar-refractivity contribution in [3.8, 4) is 5.75 Å². The van der Waals surface area contributed by atoms with Gasteiger partial charge in [-0.3, -0.25) is 0 Å². The maximum absolute atomic E-state index is 10.6. The lowest BCUT2D eigenvalue weighted by molar-refractivity contribution is 0.219. The van der Waals surface area contributed by atoms with Crippen LogP contribution in [-0.2, 0) is 12.0 Å². The molecule has 2 nitrogen and oxygen atoms in total. The Kier molecular flexibility index (Phi) is 4.52. The van der Waals surface area contributed by atoms with Gasteiger partial charge in [0.15, 0.2) is 0 Å². The number of ether oxygens (including phenoxy) is 1. The van der Waals surface area contributed by atoms with Gasteiger partial charge in [-0.2, -0.15) is 0 Å². The molecule has 1 aliphatic carbocycles. The largest absolute Gasteiger partial charge is 0.489 e. The second-order valence-corrected chi connectivity index (χ2v) is 7.43. The zero-order chi connectivity index (χ0) is 18.0. The molecule has 0 saturated heterocycles. The second kappa shape index (κ2) is 6.97. The smallest absolute Gasteiger partial charge is 0.120 e. The standard InChI is InChI=1S/C24H24O2/c1-24(14-15-24)21-12-10-18(11-13-21)17-26-22-9-5-8-20(16-22)23(25)19-6-3-2-4-7-19/h2-13,16,23,25H,14-15,17H2,1H3. The van der Waals surface area contributed by atoms with E-state index in [-0.39, 0.29) is 0 Å². The molecular weight excluding hydrogens is 320 g/mol. The van der Waals surface area contributed by atoms with Gasteiger partial charge >= 0.3 is 0 Å². The topological polar surface area (TPSA) is 29.5 Å². The first kappa shape index (κ1) is 16.9. The Morgan fingerprint density at radius 3 is 2.27 bits per heavy atom. The summed E-state index contributed by atoms with van der Waals surface area (Å²) >= 11 is 0. The van der Waals surface area contributed by atoms with Gasteiger partial charge in [-0.1, -0.05) is 73.7 Å². The van der Waals surface area contributed by atoms with E-state index < -0.39 is 6.10 Å². The minimum atomic E-state index is -0.640. The van der Waals surface area contributed by atoms with Crippen molar-refractivity contribution < 1.29 is 9.84 Å². The highest BCUT2D eigenvalue weighted by Gasteiger charge is 2.38. The van der Waals surface area contributed by atoms with E-state index in [0.29, 0.717) is 12.0 Å². The molecule has 2 heteroatoms. The summed E-state index contributed by atoms with van der Waals surface area (Å²) in [4.78, 5) is 0. The first-order chi connectivity index (χ1) is 12.6. The van der Waals surface area contributed by atoms with Crippen molar-refractivity contribution in [2.24, 2.45) is 0 Å². The zero-order valence-electron chi connectivity index (χ0n) is 15.1. The number of benzene rings is 3. The van der Waals surface area contributed by atoms with Gasteiger partial charge in [0.2, 0.25) is 0 Å². The van der Waals surface area contributed by atoms with Crippen molar-refractivity contribution in [1.29, 1.82) is 0 Å². The van der Waals surface area contributed by atoms with Crippen LogP contribution in [0.15, 0.2) is 78.9 Å². The fourth-order valence-electron chi connectivity index (χ4n) is 3.25. The highest BCUT2D eigenvalue weighted by atomic mass is 16.5. The van der Waals surface area contributed by atoms with Gasteiger partial charge in [0.25, 0.3) is 0 Å². The molecule has 0 amide bonds. The van der Waals surface area contributed by atoms with Gasteiger partial charge in [-0.15, -0.1) is 0 Å². The number of aliphatic hydroxyl groups is 1. The van der Waals surface area contributed by atoms with Crippen LogP contribution in [0.5, 0.6) is 5.75 Å². The number of rotatable bonds is 6. The van der Waals surface area contributed by atoms with E-state index in [1.807, 2.05) is 54.6 Å². The van der Waals surface area contributed by atoms with Crippen molar-refractivity contribution >= 4 is 0 Å². The Labute approximate surface area is 155 Å². The maximum Gasteiger partial charge on any atom is 0.120 e. The van der Waals surface area contributed by atoms with Gasteiger partial charge in [0.1, 0.15) is 18.5 Å². The summed E-state index contributed by atoms with van der Waals surface area (Å²) in [6.45, 7) is 2.85. The van der Waals surface area contributed by atoms with Crippen LogP contribution in [0, 0.1) is 0 Å². The predicted octanol–water partition coefficient (Wildman–Crippen LogP) is 5.40. The summed E-state index contributed by atoms with van der Waals surface area (Å²) < 4.78 is 5.95. The fourth-order valence-corrected chi connectivity index (χ4v) is 3.25. The highest BCUT2D eigenvalue weighted by Crippen LogP contribution is 2.47. The number of hydrogen-bond acceptors (Lipinski definition) is 2. The van der Waals surface area contributed by atoms with Crippen LogP contribution < -0.4 is 4.74 Å². The molecule has 0 bridgehead atoms. The van der Waals surface area contributed by atoms with Crippen LogP contribution in [0.2, 0.25) is 0 Å². The predicted molar refractivity (Wildman–Crippen MR) is 104 cm³/mol. The summed E-state index contributed by atoms with van der Waals surface area (Å²) in [5.74, 6) is 0.774. The Morgan fingerprint density at radius 1 is 0.885 bits per heavy atom. The maximum atomic E-state index is 10.6. The van der Waals surface area contributed by atoms with Crippen LogP contribution in [0.1, 0.15) is 48.1 Å². The normalized spacial score (nSPS) is 16.1. The quantitative estimate of drug-likeness (QED) is 0.649. The molecule has 4 rings (SSSR count). The Bertz CT molecular complexity index is 864. The minimum Gasteiger partial charge on any atom is -0.489 e. The Balaban J connectivity index is 1.42. The lowest BCUT2D eigenvalue weighted by Crippen LogP contribution is -2.02. The summed E-state index contributed by atoms with van der Waals surface area (Å²) in [6.07, 6.45) is 1.94. The van der Waals surface area contributed by atoms with E-state index >= 15 is 0 Å². The van der Waals surface area contributed by atoms with Crippen molar-refractivity contribution in [2.75, 3.05) is 0 Å². The molecular formula is C24H24O2. The van der Waals surface area contributed by atoms with E-state index in [1.165, 1.54) is 18.4 Å². The van der Waals surface area contributed by atoms with Crippen molar-refractivity contribution in [1.82, 2.24) is 0 Å². The summed E-state index contributed by atoms with van der Waals surface area (Å²) in [5.41, 5.74) is 4.71. The molecule has 132 valence electrons. The molecule has 0 radical (unpaired) electrons. The van der Waals surface area contributed by atoms with Crippen LogP contribution >= 0.6 is 0 Å². The van der Waals surface area contributed by atoms with Gasteiger partial charge in [-0.05, 0) is 52.6 Å². The SMILES string of the molecule is CC1(c2ccc(COc3cccc(C(O)c4ccccc4)c3)cc2)CC1. The third-order valence-electron chi connectivity index (χ3n) is 5.35. The van der Waals surface area contributed by atoms with E-state index in [2.05, 4.69) is 31.2 Å². The van der Waals surface area contributed by atoms with E-state index in [9.17, 15) is 5.11 Å². The Hall–Kier alpha value is -2.58. The molecule has 0 spiro atoms. The third kappa shape index (κ3) is 3.66. The average Bonchev–Trinajstić information content (AvgIpc) is 3.46. The second-order valence-electron chi connectivity index (χ2n) is 7.43. The summed E-state index contributed by atoms with van der Waals surface area (Å²) in [6, 6.07) is 26.1. The van der Waals surface area contributed by atoms with Gasteiger partial charge in [0.05, 0.1) is 0 Å². The molecule has 1 fully saturated rings. The van der Waals surface area contributed by atoms with Crippen molar-refractivity contribution in [3.05, 3.63) is 101 Å². The van der Waals surface area contributed by atoms with Crippen molar-refractivity contribution in [2.45, 2.75) is 37.9 Å². The first-order valence-corrected chi connectivity index (χ1v) is 9.19. The van der Waals surface area contributed by atoms with Crippen LogP contribution in [0.3, 0.4) is 0 Å². The first-order valence-electron chi connectivity index (χ1n) is 9.19. The third-order valence-corrected chi connectivity index (χ3v) is 5.35. The van der Waals surface area contributed by atoms with Gasteiger partial charge in [-0.25, -0.2) is 0 Å².